The van der Waals surface area contributed by atoms with Crippen LogP contribution in [0.1, 0.15) is 42.5 Å². The predicted molar refractivity (Wildman–Crippen MR) is 81.8 cm³/mol. The summed E-state index contributed by atoms with van der Waals surface area (Å²) in [5, 5.41) is 0. The summed E-state index contributed by atoms with van der Waals surface area (Å²) in [6.07, 6.45) is 3.96. The maximum atomic E-state index is 13.4. The molecule has 0 radical (unpaired) electrons. The Morgan fingerprint density at radius 2 is 1.61 bits per heavy atom. The lowest BCUT2D eigenvalue weighted by Gasteiger charge is -2.34. The number of carbonyl (C=O) groups is 1. The highest BCUT2D eigenvalue weighted by atomic mass is 32.2. The van der Waals surface area contributed by atoms with Crippen LogP contribution in [0, 0.1) is 11.6 Å². The molecule has 0 aromatic heterocycles. The summed E-state index contributed by atoms with van der Waals surface area (Å²) in [5.41, 5.74) is -0.0568. The molecule has 1 aliphatic carbocycles. The van der Waals surface area contributed by atoms with Crippen LogP contribution in [0.3, 0.4) is 0 Å². The molecule has 126 valence electrons. The maximum Gasteiger partial charge on any atom is 0.254 e. The van der Waals surface area contributed by atoms with Gasteiger partial charge in [0.05, 0.1) is 11.5 Å². The number of carbonyl (C=O) groups excluding carboxylic acids is 1. The summed E-state index contributed by atoms with van der Waals surface area (Å²) >= 11 is 0. The molecule has 1 amide bonds. The van der Waals surface area contributed by atoms with Crippen LogP contribution < -0.4 is 0 Å². The third-order valence-corrected chi connectivity index (χ3v) is 6.41. The molecule has 1 unspecified atom stereocenters. The summed E-state index contributed by atoms with van der Waals surface area (Å²) in [5.74, 6) is -2.09. The highest BCUT2D eigenvalue weighted by Gasteiger charge is 2.39. The van der Waals surface area contributed by atoms with Crippen LogP contribution in [-0.4, -0.2) is 42.8 Å². The van der Waals surface area contributed by atoms with Gasteiger partial charge in [0.15, 0.2) is 9.84 Å². The zero-order valence-electron chi connectivity index (χ0n) is 12.7. The van der Waals surface area contributed by atoms with E-state index in [9.17, 15) is 22.0 Å². The maximum absolute atomic E-state index is 13.4. The fourth-order valence-corrected chi connectivity index (χ4v) is 5.34. The molecule has 0 bridgehead atoms. The average Bonchev–Trinajstić information content (AvgIpc) is 3.08. The first-order valence-corrected chi connectivity index (χ1v) is 9.67. The number of hydrogen-bond acceptors (Lipinski definition) is 3. The first-order valence-electron chi connectivity index (χ1n) is 7.85. The van der Waals surface area contributed by atoms with Crippen LogP contribution in [0.5, 0.6) is 0 Å². The van der Waals surface area contributed by atoms with Gasteiger partial charge in [-0.25, -0.2) is 17.2 Å². The molecule has 1 aromatic rings. The van der Waals surface area contributed by atoms with Crippen molar-refractivity contribution in [3.63, 3.8) is 0 Å². The van der Waals surface area contributed by atoms with E-state index in [1.165, 1.54) is 0 Å². The van der Waals surface area contributed by atoms with Gasteiger partial charge in [-0.1, -0.05) is 12.8 Å². The molecule has 0 spiro atoms. The van der Waals surface area contributed by atoms with E-state index in [2.05, 4.69) is 0 Å². The minimum absolute atomic E-state index is 0.0490. The van der Waals surface area contributed by atoms with E-state index in [4.69, 9.17) is 0 Å². The van der Waals surface area contributed by atoms with Crippen molar-refractivity contribution in [2.75, 3.05) is 11.5 Å². The molecule has 1 aliphatic heterocycles. The summed E-state index contributed by atoms with van der Waals surface area (Å²) < 4.78 is 50.4. The van der Waals surface area contributed by atoms with Gasteiger partial charge in [0.1, 0.15) is 11.6 Å². The smallest absolute Gasteiger partial charge is 0.254 e. The van der Waals surface area contributed by atoms with E-state index in [-0.39, 0.29) is 23.1 Å². The Morgan fingerprint density at radius 1 is 1.00 bits per heavy atom. The molecule has 1 saturated carbocycles. The largest absolute Gasteiger partial charge is 0.332 e. The Bertz CT molecular complexity index is 694. The molecule has 1 heterocycles. The van der Waals surface area contributed by atoms with Crippen LogP contribution in [0.2, 0.25) is 0 Å². The van der Waals surface area contributed by atoms with Crippen molar-refractivity contribution in [3.8, 4) is 0 Å². The minimum Gasteiger partial charge on any atom is -0.332 e. The highest BCUT2D eigenvalue weighted by Crippen LogP contribution is 2.30. The van der Waals surface area contributed by atoms with Crippen molar-refractivity contribution in [2.24, 2.45) is 0 Å². The zero-order valence-corrected chi connectivity index (χ0v) is 13.5. The molecule has 2 aliphatic rings. The lowest BCUT2D eigenvalue weighted by molar-refractivity contribution is 0.0600. The van der Waals surface area contributed by atoms with Gasteiger partial charge < -0.3 is 4.90 Å². The number of rotatable bonds is 3. The fraction of sp³-hybridized carbons (Fsp3) is 0.562. The van der Waals surface area contributed by atoms with Gasteiger partial charge in [-0.15, -0.1) is 0 Å². The van der Waals surface area contributed by atoms with Gasteiger partial charge in [-0.2, -0.15) is 0 Å². The number of hydrogen-bond donors (Lipinski definition) is 0. The minimum atomic E-state index is -3.14. The van der Waals surface area contributed by atoms with Gasteiger partial charge in [-0.3, -0.25) is 4.79 Å². The first kappa shape index (κ1) is 16.4. The lowest BCUT2D eigenvalue weighted by Crippen LogP contribution is -2.47. The van der Waals surface area contributed by atoms with Gasteiger partial charge in [0.25, 0.3) is 5.91 Å². The van der Waals surface area contributed by atoms with E-state index >= 15 is 0 Å². The molecule has 3 rings (SSSR count). The first-order chi connectivity index (χ1) is 10.9. The Hall–Kier alpha value is -1.50. The van der Waals surface area contributed by atoms with Gasteiger partial charge in [0.2, 0.25) is 0 Å². The van der Waals surface area contributed by atoms with Crippen LogP contribution in [0.4, 0.5) is 8.78 Å². The number of nitrogens with zero attached hydrogens (tertiary/aromatic N) is 1. The fourth-order valence-electron chi connectivity index (χ4n) is 3.63. The predicted octanol–water partition coefficient (Wildman–Crippen LogP) is 2.54. The second kappa shape index (κ2) is 6.19. The molecule has 23 heavy (non-hydrogen) atoms. The molecule has 1 saturated heterocycles. The molecular formula is C16H19F2NO3S. The Morgan fingerprint density at radius 3 is 2.13 bits per heavy atom. The SMILES string of the molecule is O=C(c1cc(F)cc(F)c1)N(C1CCCC1)C1CCS(=O)(=O)C1. The van der Waals surface area contributed by atoms with Crippen molar-refractivity contribution < 1.29 is 22.0 Å². The van der Waals surface area contributed by atoms with Crippen molar-refractivity contribution >= 4 is 15.7 Å². The van der Waals surface area contributed by atoms with Crippen LogP contribution in [0.25, 0.3) is 0 Å². The van der Waals surface area contributed by atoms with Crippen LogP contribution in [0.15, 0.2) is 18.2 Å². The standard InChI is InChI=1S/C16H19F2NO3S/c17-12-7-11(8-13(18)9-12)16(20)19(14-3-1-2-4-14)15-5-6-23(21,22)10-15/h7-9,14-15H,1-6,10H2. The van der Waals surface area contributed by atoms with Crippen molar-refractivity contribution in [1.29, 1.82) is 0 Å². The molecule has 1 atom stereocenters. The van der Waals surface area contributed by atoms with E-state index in [1.807, 2.05) is 0 Å². The molecule has 2 fully saturated rings. The average molecular weight is 343 g/mol. The molecule has 7 heteroatoms. The van der Waals surface area contributed by atoms with Gasteiger partial charge in [0, 0.05) is 23.7 Å². The molecule has 0 N–H and O–H groups in total. The van der Waals surface area contributed by atoms with Crippen molar-refractivity contribution in [3.05, 3.63) is 35.4 Å². The number of sulfone groups is 1. The van der Waals surface area contributed by atoms with Gasteiger partial charge >= 0.3 is 0 Å². The lowest BCUT2D eigenvalue weighted by atomic mass is 10.1. The number of benzene rings is 1. The zero-order chi connectivity index (χ0) is 16.6. The summed E-state index contributed by atoms with van der Waals surface area (Å²) in [4.78, 5) is 14.4. The van der Waals surface area contributed by atoms with E-state index in [0.717, 1.165) is 43.9 Å². The van der Waals surface area contributed by atoms with Crippen LogP contribution >= 0.6 is 0 Å². The quantitative estimate of drug-likeness (QED) is 0.847. The highest BCUT2D eigenvalue weighted by molar-refractivity contribution is 7.91. The number of halogens is 2. The Labute approximate surface area is 134 Å². The molecule has 4 nitrogen and oxygen atoms in total. The van der Waals surface area contributed by atoms with Crippen LogP contribution in [-0.2, 0) is 9.84 Å². The Balaban J connectivity index is 1.92. The Kier molecular flexibility index (Phi) is 4.40. The van der Waals surface area contributed by atoms with E-state index in [1.54, 1.807) is 4.90 Å². The topological polar surface area (TPSA) is 54.5 Å². The third kappa shape index (κ3) is 3.54. The van der Waals surface area contributed by atoms with Crippen molar-refractivity contribution in [1.82, 2.24) is 4.90 Å². The molecule has 1 aromatic carbocycles. The summed E-state index contributed by atoms with van der Waals surface area (Å²) in [7, 11) is -3.14. The summed E-state index contributed by atoms with van der Waals surface area (Å²) in [6.45, 7) is 0. The van der Waals surface area contributed by atoms with Gasteiger partial charge in [-0.05, 0) is 31.4 Å². The second-order valence-corrected chi connectivity index (χ2v) is 8.59. The molecular weight excluding hydrogens is 324 g/mol. The monoisotopic (exact) mass is 343 g/mol. The summed E-state index contributed by atoms with van der Waals surface area (Å²) in [6, 6.07) is 2.29. The normalized spacial score (nSPS) is 24.0. The number of amides is 1. The second-order valence-electron chi connectivity index (χ2n) is 6.37. The van der Waals surface area contributed by atoms with E-state index in [0.29, 0.717) is 6.42 Å². The third-order valence-electron chi connectivity index (χ3n) is 4.66. The van der Waals surface area contributed by atoms with Crippen molar-refractivity contribution in [2.45, 2.75) is 44.2 Å². The van der Waals surface area contributed by atoms with E-state index < -0.39 is 33.4 Å².